The molecule has 0 heterocycles. The number of rotatable bonds is 4. The minimum atomic E-state index is -2.50. The van der Waals surface area contributed by atoms with E-state index in [9.17, 15) is 13.2 Å². The second kappa shape index (κ2) is 6.10. The summed E-state index contributed by atoms with van der Waals surface area (Å²) in [5, 5.41) is 2.90. The van der Waals surface area contributed by atoms with E-state index in [2.05, 4.69) is 21.2 Å². The van der Waals surface area contributed by atoms with Crippen molar-refractivity contribution in [2.45, 2.75) is 13.0 Å². The number of para-hydroxylation sites is 1. The summed E-state index contributed by atoms with van der Waals surface area (Å²) in [4.78, 5) is 0. The van der Waals surface area contributed by atoms with Gasteiger partial charge in [-0.1, -0.05) is 24.3 Å². The van der Waals surface area contributed by atoms with E-state index in [1.54, 1.807) is 24.3 Å². The minimum absolute atomic E-state index is 0.0353. The summed E-state index contributed by atoms with van der Waals surface area (Å²) >= 11 is 3.24. The first kappa shape index (κ1) is 13.9. The maximum absolute atomic E-state index is 13.5. The fraction of sp³-hybridized carbons (Fsp3) is 0.143. The first-order chi connectivity index (χ1) is 9.08. The molecule has 0 atom stereocenters. The lowest BCUT2D eigenvalue weighted by atomic mass is 10.1. The molecule has 0 radical (unpaired) electrons. The van der Waals surface area contributed by atoms with E-state index in [1.165, 1.54) is 18.2 Å². The molecule has 0 saturated heterocycles. The van der Waals surface area contributed by atoms with Gasteiger partial charge < -0.3 is 5.32 Å². The van der Waals surface area contributed by atoms with Crippen LogP contribution in [0.25, 0.3) is 0 Å². The van der Waals surface area contributed by atoms with Crippen molar-refractivity contribution in [3.8, 4) is 0 Å². The Labute approximate surface area is 117 Å². The van der Waals surface area contributed by atoms with Crippen LogP contribution in [0.15, 0.2) is 46.9 Å². The van der Waals surface area contributed by atoms with Gasteiger partial charge in [-0.15, -0.1) is 0 Å². The predicted octanol–water partition coefficient (Wildman–Crippen LogP) is 5.14. The normalized spacial score (nSPS) is 10.8. The van der Waals surface area contributed by atoms with Gasteiger partial charge in [-0.3, -0.25) is 0 Å². The number of anilines is 1. The van der Waals surface area contributed by atoms with E-state index < -0.39 is 6.43 Å². The first-order valence-electron chi connectivity index (χ1n) is 5.63. The summed E-state index contributed by atoms with van der Waals surface area (Å²) < 4.78 is 39.2. The molecule has 0 aliphatic heterocycles. The molecule has 2 rings (SSSR count). The minimum Gasteiger partial charge on any atom is -0.378 e. The second-order valence-corrected chi connectivity index (χ2v) is 4.85. The van der Waals surface area contributed by atoms with E-state index in [4.69, 9.17) is 0 Å². The molecule has 0 spiro atoms. The van der Waals surface area contributed by atoms with Gasteiger partial charge in [-0.25, -0.2) is 13.2 Å². The monoisotopic (exact) mass is 329 g/mol. The molecule has 2 aromatic rings. The summed E-state index contributed by atoms with van der Waals surface area (Å²) in [5.74, 6) is -0.389. The molecule has 0 unspecified atom stereocenters. The zero-order chi connectivity index (χ0) is 13.8. The molecule has 100 valence electrons. The van der Waals surface area contributed by atoms with Gasteiger partial charge in [0.05, 0.1) is 5.69 Å². The lowest BCUT2D eigenvalue weighted by molar-refractivity contribution is 0.151. The third kappa shape index (κ3) is 3.50. The third-order valence-electron chi connectivity index (χ3n) is 2.64. The molecule has 0 aliphatic carbocycles. The fourth-order valence-electron chi connectivity index (χ4n) is 1.70. The van der Waals surface area contributed by atoms with Crippen molar-refractivity contribution < 1.29 is 13.2 Å². The van der Waals surface area contributed by atoms with Crippen LogP contribution in [0.5, 0.6) is 0 Å². The van der Waals surface area contributed by atoms with Crippen molar-refractivity contribution in [1.82, 2.24) is 0 Å². The van der Waals surface area contributed by atoms with Gasteiger partial charge in [0, 0.05) is 16.6 Å². The van der Waals surface area contributed by atoms with E-state index in [0.29, 0.717) is 15.7 Å². The number of benzene rings is 2. The zero-order valence-electron chi connectivity index (χ0n) is 9.84. The standard InChI is InChI=1S/C14H11BrF3N/c15-11-5-2-6-12(16)13(11)19-8-9-3-1-4-10(7-9)14(17)18/h1-7,14,19H,8H2. The highest BCUT2D eigenvalue weighted by Gasteiger charge is 2.08. The highest BCUT2D eigenvalue weighted by molar-refractivity contribution is 9.10. The fourth-order valence-corrected chi connectivity index (χ4v) is 2.18. The van der Waals surface area contributed by atoms with E-state index in [0.717, 1.165) is 0 Å². The molecule has 0 amide bonds. The number of nitrogens with one attached hydrogen (secondary N) is 1. The Morgan fingerprint density at radius 3 is 2.53 bits per heavy atom. The Bertz CT molecular complexity index is 552. The quantitative estimate of drug-likeness (QED) is 0.819. The predicted molar refractivity (Wildman–Crippen MR) is 72.8 cm³/mol. The van der Waals surface area contributed by atoms with Gasteiger partial charge in [-0.05, 0) is 39.7 Å². The van der Waals surface area contributed by atoms with Crippen LogP contribution in [0.1, 0.15) is 17.6 Å². The van der Waals surface area contributed by atoms with Crippen LogP contribution in [0.4, 0.5) is 18.9 Å². The zero-order valence-corrected chi connectivity index (χ0v) is 11.4. The first-order valence-corrected chi connectivity index (χ1v) is 6.42. The molecule has 19 heavy (non-hydrogen) atoms. The van der Waals surface area contributed by atoms with Crippen LogP contribution < -0.4 is 5.32 Å². The number of hydrogen-bond donors (Lipinski definition) is 1. The number of alkyl halides is 2. The van der Waals surface area contributed by atoms with Gasteiger partial charge >= 0.3 is 0 Å². The second-order valence-electron chi connectivity index (χ2n) is 4.00. The van der Waals surface area contributed by atoms with E-state index in [1.807, 2.05) is 0 Å². The van der Waals surface area contributed by atoms with Gasteiger partial charge in [-0.2, -0.15) is 0 Å². The van der Waals surface area contributed by atoms with Crippen LogP contribution in [0.2, 0.25) is 0 Å². The van der Waals surface area contributed by atoms with Gasteiger partial charge in [0.15, 0.2) is 0 Å². The average Bonchev–Trinajstić information content (AvgIpc) is 2.38. The SMILES string of the molecule is Fc1cccc(Br)c1NCc1cccc(C(F)F)c1. The van der Waals surface area contributed by atoms with Crippen molar-refractivity contribution in [2.24, 2.45) is 0 Å². The van der Waals surface area contributed by atoms with Crippen molar-refractivity contribution in [1.29, 1.82) is 0 Å². The van der Waals surface area contributed by atoms with Gasteiger partial charge in [0.25, 0.3) is 6.43 Å². The summed E-state index contributed by atoms with van der Waals surface area (Å²) in [6.45, 7) is 0.278. The van der Waals surface area contributed by atoms with E-state index >= 15 is 0 Å². The lowest BCUT2D eigenvalue weighted by Gasteiger charge is -2.10. The molecule has 5 heteroatoms. The Morgan fingerprint density at radius 2 is 1.84 bits per heavy atom. The molecule has 0 aliphatic rings. The summed E-state index contributed by atoms with van der Waals surface area (Å²) in [7, 11) is 0. The summed E-state index contributed by atoms with van der Waals surface area (Å²) in [5.41, 5.74) is 0.963. The van der Waals surface area contributed by atoms with Crippen molar-refractivity contribution in [3.05, 3.63) is 63.9 Å². The molecular weight excluding hydrogens is 319 g/mol. The largest absolute Gasteiger partial charge is 0.378 e. The van der Waals surface area contributed by atoms with Crippen LogP contribution in [0, 0.1) is 5.82 Å². The van der Waals surface area contributed by atoms with E-state index in [-0.39, 0.29) is 17.9 Å². The van der Waals surface area contributed by atoms with Crippen molar-refractivity contribution in [2.75, 3.05) is 5.32 Å². The molecule has 1 N–H and O–H groups in total. The highest BCUT2D eigenvalue weighted by atomic mass is 79.9. The number of hydrogen-bond acceptors (Lipinski definition) is 1. The van der Waals surface area contributed by atoms with Crippen LogP contribution in [-0.4, -0.2) is 0 Å². The molecule has 0 bridgehead atoms. The molecular formula is C14H11BrF3N. The topological polar surface area (TPSA) is 12.0 Å². The Morgan fingerprint density at radius 1 is 1.11 bits per heavy atom. The van der Waals surface area contributed by atoms with Crippen LogP contribution in [-0.2, 0) is 6.54 Å². The van der Waals surface area contributed by atoms with Crippen molar-refractivity contribution in [3.63, 3.8) is 0 Å². The summed E-state index contributed by atoms with van der Waals surface area (Å²) in [6.07, 6.45) is -2.50. The Balaban J connectivity index is 2.12. The maximum Gasteiger partial charge on any atom is 0.263 e. The lowest BCUT2D eigenvalue weighted by Crippen LogP contribution is -2.02. The highest BCUT2D eigenvalue weighted by Crippen LogP contribution is 2.26. The maximum atomic E-state index is 13.5. The average molecular weight is 330 g/mol. The smallest absolute Gasteiger partial charge is 0.263 e. The molecule has 0 saturated carbocycles. The third-order valence-corrected chi connectivity index (χ3v) is 3.30. The molecule has 2 aromatic carbocycles. The molecule has 1 nitrogen and oxygen atoms in total. The van der Waals surface area contributed by atoms with Gasteiger partial charge in [0.1, 0.15) is 5.82 Å². The summed E-state index contributed by atoms with van der Waals surface area (Å²) in [6, 6.07) is 10.7. The van der Waals surface area contributed by atoms with Gasteiger partial charge in [0.2, 0.25) is 0 Å². The number of halogens is 4. The molecule has 0 fully saturated rings. The van der Waals surface area contributed by atoms with Crippen LogP contribution in [0.3, 0.4) is 0 Å². The van der Waals surface area contributed by atoms with Crippen molar-refractivity contribution >= 4 is 21.6 Å². The Kier molecular flexibility index (Phi) is 4.47. The molecule has 0 aromatic heterocycles. The Hall–Kier alpha value is -1.49. The van der Waals surface area contributed by atoms with Crippen LogP contribution >= 0.6 is 15.9 Å².